The van der Waals surface area contributed by atoms with Gasteiger partial charge in [0.05, 0.1) is 16.2 Å². The van der Waals surface area contributed by atoms with E-state index in [1.165, 1.54) is 35.6 Å². The zero-order valence-electron chi connectivity index (χ0n) is 12.6. The number of sulfone groups is 1. The smallest absolute Gasteiger partial charge is 0.338 e. The molecule has 2 aromatic heterocycles. The predicted molar refractivity (Wildman–Crippen MR) is 94.1 cm³/mol. The Morgan fingerprint density at radius 2 is 1.92 bits per heavy atom. The highest BCUT2D eigenvalue weighted by Gasteiger charge is 2.12. The number of benzene rings is 1. The van der Waals surface area contributed by atoms with Gasteiger partial charge in [-0.05, 0) is 35.7 Å². The van der Waals surface area contributed by atoms with Crippen molar-refractivity contribution in [2.75, 3.05) is 6.26 Å². The van der Waals surface area contributed by atoms with Gasteiger partial charge in [-0.3, -0.25) is 0 Å². The minimum absolute atomic E-state index is 0.0767. The quantitative estimate of drug-likeness (QED) is 0.633. The Bertz CT molecular complexity index is 942. The Morgan fingerprint density at radius 1 is 1.17 bits per heavy atom. The van der Waals surface area contributed by atoms with Crippen LogP contribution in [0.15, 0.2) is 51.4 Å². The van der Waals surface area contributed by atoms with Gasteiger partial charge in [0.2, 0.25) is 0 Å². The number of aromatic nitrogens is 1. The lowest BCUT2D eigenvalue weighted by atomic mass is 10.2. The summed E-state index contributed by atoms with van der Waals surface area (Å²) in [5.74, 6) is -0.514. The second kappa shape index (κ2) is 6.84. The summed E-state index contributed by atoms with van der Waals surface area (Å²) in [5, 5.41) is 6.74. The van der Waals surface area contributed by atoms with Gasteiger partial charge in [0.15, 0.2) is 9.84 Å². The number of carbonyl (C=O) groups is 1. The van der Waals surface area contributed by atoms with E-state index in [1.54, 1.807) is 11.3 Å². The lowest BCUT2D eigenvalue weighted by Gasteiger charge is -2.04. The second-order valence-corrected chi connectivity index (χ2v) is 8.68. The Balaban J connectivity index is 1.63. The van der Waals surface area contributed by atoms with Crippen molar-refractivity contribution in [2.45, 2.75) is 11.5 Å². The number of hydrogen-bond donors (Lipinski definition) is 0. The number of carbonyl (C=O) groups excluding carboxylic acids is 1. The number of thiazole rings is 1. The highest BCUT2D eigenvalue weighted by atomic mass is 32.2. The molecule has 0 aliphatic rings. The number of thiophene rings is 1. The third-order valence-corrected chi connectivity index (χ3v) is 5.94. The molecular weight excluding hydrogens is 366 g/mol. The van der Waals surface area contributed by atoms with E-state index < -0.39 is 15.8 Å². The minimum Gasteiger partial charge on any atom is -0.456 e. The van der Waals surface area contributed by atoms with E-state index in [0.717, 1.165) is 16.8 Å². The van der Waals surface area contributed by atoms with Gasteiger partial charge >= 0.3 is 5.97 Å². The van der Waals surface area contributed by atoms with Crippen molar-refractivity contribution in [2.24, 2.45) is 0 Å². The lowest BCUT2D eigenvalue weighted by Crippen LogP contribution is -2.06. The maximum Gasteiger partial charge on any atom is 0.338 e. The molecule has 3 aromatic rings. The molecule has 5 nitrogen and oxygen atoms in total. The van der Waals surface area contributed by atoms with Crippen LogP contribution in [0.3, 0.4) is 0 Å². The maximum absolute atomic E-state index is 12.0. The molecule has 0 aliphatic carbocycles. The van der Waals surface area contributed by atoms with E-state index in [0.29, 0.717) is 11.3 Å². The summed E-state index contributed by atoms with van der Waals surface area (Å²) >= 11 is 3.10. The molecule has 0 radical (unpaired) electrons. The van der Waals surface area contributed by atoms with E-state index in [4.69, 9.17) is 4.74 Å². The molecule has 0 bridgehead atoms. The molecule has 0 saturated heterocycles. The summed E-state index contributed by atoms with van der Waals surface area (Å²) in [6.07, 6.45) is 1.12. The van der Waals surface area contributed by atoms with E-state index in [1.807, 2.05) is 22.2 Å². The number of rotatable bonds is 5. The van der Waals surface area contributed by atoms with Crippen LogP contribution in [0.25, 0.3) is 10.6 Å². The molecule has 0 unspecified atom stereocenters. The molecule has 124 valence electrons. The van der Waals surface area contributed by atoms with Crippen LogP contribution in [0, 0.1) is 0 Å². The molecular formula is C16H13NO4S3. The first kappa shape index (κ1) is 16.8. The first-order valence-electron chi connectivity index (χ1n) is 6.88. The third-order valence-electron chi connectivity index (χ3n) is 3.19. The predicted octanol–water partition coefficient (Wildman–Crippen LogP) is 3.63. The summed E-state index contributed by atoms with van der Waals surface area (Å²) in [4.78, 5) is 16.6. The summed E-state index contributed by atoms with van der Waals surface area (Å²) in [6.45, 7) is 0.0767. The zero-order valence-corrected chi connectivity index (χ0v) is 15.1. The van der Waals surface area contributed by atoms with Crippen molar-refractivity contribution in [1.29, 1.82) is 0 Å². The summed E-state index contributed by atoms with van der Waals surface area (Å²) in [6, 6.07) is 7.66. The standard InChI is InChI=1S/C16H13NO4S3/c1-24(19,20)14-4-2-11(3-5-14)16(18)21-8-13-10-23-15(17-13)12-6-7-22-9-12/h2-7,9-10H,8H2,1H3. The maximum atomic E-state index is 12.0. The van der Waals surface area contributed by atoms with Crippen molar-refractivity contribution in [3.05, 3.63) is 57.7 Å². The van der Waals surface area contributed by atoms with Gasteiger partial charge in [0.1, 0.15) is 11.6 Å². The van der Waals surface area contributed by atoms with Crippen molar-refractivity contribution in [1.82, 2.24) is 4.98 Å². The fraction of sp³-hybridized carbons (Fsp3) is 0.125. The van der Waals surface area contributed by atoms with Gasteiger partial charge in [-0.2, -0.15) is 11.3 Å². The van der Waals surface area contributed by atoms with Gasteiger partial charge in [-0.15, -0.1) is 11.3 Å². The van der Waals surface area contributed by atoms with E-state index >= 15 is 0 Å². The topological polar surface area (TPSA) is 73.3 Å². The van der Waals surface area contributed by atoms with Crippen LogP contribution in [0.4, 0.5) is 0 Å². The van der Waals surface area contributed by atoms with Crippen LogP contribution in [0.5, 0.6) is 0 Å². The average molecular weight is 379 g/mol. The molecule has 0 saturated carbocycles. The molecule has 0 atom stereocenters. The summed E-state index contributed by atoms with van der Waals surface area (Å²) in [5.41, 5.74) is 2.04. The van der Waals surface area contributed by atoms with Crippen LogP contribution in [0.2, 0.25) is 0 Å². The molecule has 24 heavy (non-hydrogen) atoms. The molecule has 0 N–H and O–H groups in total. The minimum atomic E-state index is -3.28. The molecule has 0 amide bonds. The summed E-state index contributed by atoms with van der Waals surface area (Å²) in [7, 11) is -3.28. The largest absolute Gasteiger partial charge is 0.456 e. The van der Waals surface area contributed by atoms with E-state index in [2.05, 4.69) is 4.98 Å². The lowest BCUT2D eigenvalue weighted by molar-refractivity contribution is 0.0468. The van der Waals surface area contributed by atoms with E-state index in [-0.39, 0.29) is 11.5 Å². The first-order valence-corrected chi connectivity index (χ1v) is 10.6. The SMILES string of the molecule is CS(=O)(=O)c1ccc(C(=O)OCc2csc(-c3ccsc3)n2)cc1. The monoisotopic (exact) mass is 379 g/mol. The first-order chi connectivity index (χ1) is 11.4. The summed E-state index contributed by atoms with van der Waals surface area (Å²) < 4.78 is 28.0. The van der Waals surface area contributed by atoms with Crippen molar-refractivity contribution in [3.63, 3.8) is 0 Å². The number of nitrogens with zero attached hydrogens (tertiary/aromatic N) is 1. The van der Waals surface area contributed by atoms with Crippen LogP contribution < -0.4 is 0 Å². The van der Waals surface area contributed by atoms with Gasteiger partial charge < -0.3 is 4.74 Å². The highest BCUT2D eigenvalue weighted by molar-refractivity contribution is 7.90. The molecule has 0 aliphatic heterocycles. The molecule has 0 fully saturated rings. The van der Waals surface area contributed by atoms with Gasteiger partial charge in [-0.1, -0.05) is 0 Å². The Morgan fingerprint density at radius 3 is 2.54 bits per heavy atom. The molecule has 3 rings (SSSR count). The van der Waals surface area contributed by atoms with Crippen LogP contribution >= 0.6 is 22.7 Å². The average Bonchev–Trinajstić information content (AvgIpc) is 3.23. The van der Waals surface area contributed by atoms with E-state index in [9.17, 15) is 13.2 Å². The zero-order chi connectivity index (χ0) is 17.2. The van der Waals surface area contributed by atoms with Crippen LogP contribution in [-0.4, -0.2) is 25.6 Å². The van der Waals surface area contributed by atoms with Crippen LogP contribution in [0.1, 0.15) is 16.1 Å². The fourth-order valence-corrected chi connectivity index (χ4v) is 4.10. The highest BCUT2D eigenvalue weighted by Crippen LogP contribution is 2.26. The molecule has 2 heterocycles. The Labute approximate surface area is 147 Å². The van der Waals surface area contributed by atoms with Gasteiger partial charge in [-0.25, -0.2) is 18.2 Å². The van der Waals surface area contributed by atoms with Crippen molar-refractivity contribution >= 4 is 38.5 Å². The van der Waals surface area contributed by atoms with Gasteiger partial charge in [0, 0.05) is 22.6 Å². The second-order valence-electron chi connectivity index (χ2n) is 5.03. The van der Waals surface area contributed by atoms with Gasteiger partial charge in [0.25, 0.3) is 0 Å². The van der Waals surface area contributed by atoms with Crippen molar-refractivity contribution in [3.8, 4) is 10.6 Å². The third kappa shape index (κ3) is 3.89. The number of ether oxygens (including phenoxy) is 1. The number of esters is 1. The normalized spacial score (nSPS) is 11.4. The Hall–Kier alpha value is -2.03. The molecule has 1 aromatic carbocycles. The number of hydrogen-bond acceptors (Lipinski definition) is 7. The Kier molecular flexibility index (Phi) is 4.79. The fourth-order valence-electron chi connectivity index (χ4n) is 1.95. The van der Waals surface area contributed by atoms with Crippen LogP contribution in [-0.2, 0) is 21.2 Å². The molecule has 0 spiro atoms. The van der Waals surface area contributed by atoms with Crippen molar-refractivity contribution < 1.29 is 17.9 Å². The molecule has 8 heteroatoms.